The molecule has 0 aromatic heterocycles. The smallest absolute Gasteiger partial charge is 0.193 e. The van der Waals surface area contributed by atoms with Crippen LogP contribution in [0.5, 0.6) is 0 Å². The van der Waals surface area contributed by atoms with E-state index in [1.165, 1.54) is 18.6 Å². The first kappa shape index (κ1) is 20.4. The first-order valence-corrected chi connectivity index (χ1v) is 9.35. The molecule has 22 heavy (non-hydrogen) atoms. The summed E-state index contributed by atoms with van der Waals surface area (Å²) in [4.78, 5) is 6.92. The molecule has 0 unspecified atom stereocenters. The maximum Gasteiger partial charge on any atom is 0.193 e. The molecule has 0 atom stereocenters. The van der Waals surface area contributed by atoms with Crippen LogP contribution in [0.15, 0.2) is 4.99 Å². The van der Waals surface area contributed by atoms with Gasteiger partial charge >= 0.3 is 0 Å². The molecule has 0 aliphatic carbocycles. The van der Waals surface area contributed by atoms with Crippen LogP contribution >= 0.6 is 35.7 Å². The molecule has 2 rings (SSSR count). The summed E-state index contributed by atoms with van der Waals surface area (Å²) >= 11 is 2.08. The third-order valence-corrected chi connectivity index (χ3v) is 6.17. The summed E-state index contributed by atoms with van der Waals surface area (Å²) in [6.45, 7) is 9.68. The van der Waals surface area contributed by atoms with Crippen molar-refractivity contribution < 1.29 is 4.74 Å². The van der Waals surface area contributed by atoms with Crippen molar-refractivity contribution in [1.82, 2.24) is 10.2 Å². The van der Waals surface area contributed by atoms with Crippen LogP contribution in [0.25, 0.3) is 0 Å². The molecule has 130 valence electrons. The van der Waals surface area contributed by atoms with Crippen LogP contribution in [0.3, 0.4) is 0 Å². The van der Waals surface area contributed by atoms with E-state index >= 15 is 0 Å². The number of guanidine groups is 1. The molecule has 1 N–H and O–H groups in total. The fraction of sp³-hybridized carbons (Fsp3) is 0.938. The molecule has 0 radical (unpaired) electrons. The van der Waals surface area contributed by atoms with Gasteiger partial charge < -0.3 is 15.0 Å². The molecule has 0 aromatic rings. The molecule has 4 nitrogen and oxygen atoms in total. The van der Waals surface area contributed by atoms with Gasteiger partial charge in [-0.1, -0.05) is 13.8 Å². The van der Waals surface area contributed by atoms with Crippen LogP contribution in [0.2, 0.25) is 0 Å². The quantitative estimate of drug-likeness (QED) is 0.413. The van der Waals surface area contributed by atoms with Gasteiger partial charge in [-0.3, -0.25) is 4.99 Å². The average Bonchev–Trinajstić information content (AvgIpc) is 2.51. The van der Waals surface area contributed by atoms with Gasteiger partial charge in [0.25, 0.3) is 0 Å². The van der Waals surface area contributed by atoms with Crippen molar-refractivity contribution in [2.24, 2.45) is 10.9 Å². The van der Waals surface area contributed by atoms with Crippen molar-refractivity contribution >= 4 is 41.7 Å². The lowest BCUT2D eigenvalue weighted by molar-refractivity contribution is 0.0780. The second-order valence-corrected chi connectivity index (χ2v) is 8.03. The Morgan fingerprint density at radius 2 is 1.95 bits per heavy atom. The summed E-state index contributed by atoms with van der Waals surface area (Å²) in [6.07, 6.45) is 4.85. The summed E-state index contributed by atoms with van der Waals surface area (Å²) in [6, 6.07) is 0. The third kappa shape index (κ3) is 5.74. The Morgan fingerprint density at radius 3 is 2.50 bits per heavy atom. The lowest BCUT2D eigenvalue weighted by Crippen LogP contribution is -2.51. The van der Waals surface area contributed by atoms with E-state index in [0.717, 1.165) is 57.6 Å². The van der Waals surface area contributed by atoms with Gasteiger partial charge in [0.1, 0.15) is 0 Å². The number of ether oxygens (including phenoxy) is 1. The SMILES string of the molecule is CCSC1(CNC(=NC)N2CCC(C)CC2)CCOCC1.I. The summed E-state index contributed by atoms with van der Waals surface area (Å²) in [7, 11) is 1.91. The summed E-state index contributed by atoms with van der Waals surface area (Å²) in [5, 5.41) is 3.65. The molecule has 0 saturated carbocycles. The molecular formula is C16H32IN3OS. The summed E-state index contributed by atoms with van der Waals surface area (Å²) in [5.74, 6) is 3.11. The molecule has 0 bridgehead atoms. The fourth-order valence-electron chi connectivity index (χ4n) is 3.21. The van der Waals surface area contributed by atoms with E-state index < -0.39 is 0 Å². The maximum atomic E-state index is 5.55. The lowest BCUT2D eigenvalue weighted by atomic mass is 9.98. The highest BCUT2D eigenvalue weighted by molar-refractivity contribution is 14.0. The van der Waals surface area contributed by atoms with E-state index in [-0.39, 0.29) is 24.0 Å². The van der Waals surface area contributed by atoms with Crippen molar-refractivity contribution in [2.75, 3.05) is 45.6 Å². The second-order valence-electron chi connectivity index (χ2n) is 6.30. The van der Waals surface area contributed by atoms with Crippen molar-refractivity contribution in [3.8, 4) is 0 Å². The normalized spacial score (nSPS) is 23.0. The van der Waals surface area contributed by atoms with E-state index in [2.05, 4.69) is 40.8 Å². The average molecular weight is 441 g/mol. The van der Waals surface area contributed by atoms with Crippen LogP contribution < -0.4 is 5.32 Å². The predicted octanol–water partition coefficient (Wildman–Crippen LogP) is 3.21. The number of hydrogen-bond acceptors (Lipinski definition) is 3. The monoisotopic (exact) mass is 441 g/mol. The largest absolute Gasteiger partial charge is 0.381 e. The Kier molecular flexibility index (Phi) is 9.47. The minimum atomic E-state index is 0. The van der Waals surface area contributed by atoms with Gasteiger partial charge in [-0.2, -0.15) is 11.8 Å². The number of thioether (sulfide) groups is 1. The highest BCUT2D eigenvalue weighted by Gasteiger charge is 2.33. The third-order valence-electron chi connectivity index (χ3n) is 4.72. The number of nitrogens with zero attached hydrogens (tertiary/aromatic N) is 2. The minimum absolute atomic E-state index is 0. The van der Waals surface area contributed by atoms with Gasteiger partial charge in [0.05, 0.1) is 0 Å². The highest BCUT2D eigenvalue weighted by atomic mass is 127. The molecular weight excluding hydrogens is 409 g/mol. The molecule has 2 aliphatic heterocycles. The topological polar surface area (TPSA) is 36.9 Å². The molecule has 2 fully saturated rings. The Labute approximate surface area is 157 Å². The van der Waals surface area contributed by atoms with Crippen LogP contribution in [0.4, 0.5) is 0 Å². The van der Waals surface area contributed by atoms with Crippen molar-refractivity contribution in [3.63, 3.8) is 0 Å². The predicted molar refractivity (Wildman–Crippen MR) is 108 cm³/mol. The van der Waals surface area contributed by atoms with Crippen molar-refractivity contribution in [2.45, 2.75) is 44.3 Å². The second kappa shape index (κ2) is 10.2. The van der Waals surface area contributed by atoms with Crippen molar-refractivity contribution in [3.05, 3.63) is 0 Å². The first-order chi connectivity index (χ1) is 10.2. The zero-order valence-electron chi connectivity index (χ0n) is 14.3. The summed E-state index contributed by atoms with van der Waals surface area (Å²) in [5.41, 5.74) is 0. The Hall–Kier alpha value is 0.310. The van der Waals surface area contributed by atoms with E-state index in [1.54, 1.807) is 0 Å². The molecule has 2 heterocycles. The number of hydrogen-bond donors (Lipinski definition) is 1. The summed E-state index contributed by atoms with van der Waals surface area (Å²) < 4.78 is 5.88. The number of likely N-dealkylation sites (tertiary alicyclic amines) is 1. The van der Waals surface area contributed by atoms with Crippen LogP contribution in [0.1, 0.15) is 39.5 Å². The molecule has 6 heteroatoms. The zero-order valence-corrected chi connectivity index (χ0v) is 17.4. The van der Waals surface area contributed by atoms with Gasteiger partial charge in [-0.15, -0.1) is 24.0 Å². The van der Waals surface area contributed by atoms with Gasteiger partial charge in [-0.05, 0) is 37.4 Å². The standard InChI is InChI=1S/C16H31N3OS.HI/c1-4-21-16(7-11-20-12-8-16)13-18-15(17-3)19-9-5-14(2)6-10-19;/h14H,4-13H2,1-3H3,(H,17,18);1H. The zero-order chi connectivity index (χ0) is 15.1. The number of aliphatic imine (C=N–C) groups is 1. The molecule has 2 aliphatic rings. The number of piperidine rings is 1. The number of nitrogens with one attached hydrogen (secondary N) is 1. The van der Waals surface area contributed by atoms with Crippen molar-refractivity contribution in [1.29, 1.82) is 0 Å². The van der Waals surface area contributed by atoms with E-state index in [9.17, 15) is 0 Å². The van der Waals surface area contributed by atoms with Gasteiger partial charge in [0.2, 0.25) is 0 Å². The number of halogens is 1. The van der Waals surface area contributed by atoms with Crippen LogP contribution in [-0.4, -0.2) is 61.3 Å². The van der Waals surface area contributed by atoms with E-state index in [1.807, 2.05) is 7.05 Å². The molecule has 2 saturated heterocycles. The van der Waals surface area contributed by atoms with Gasteiger partial charge in [0.15, 0.2) is 5.96 Å². The highest BCUT2D eigenvalue weighted by Crippen LogP contribution is 2.34. The lowest BCUT2D eigenvalue weighted by Gasteiger charge is -2.39. The molecule has 0 amide bonds. The Bertz CT molecular complexity index is 335. The molecule has 0 spiro atoms. The molecule has 0 aromatic carbocycles. The fourth-order valence-corrected chi connectivity index (χ4v) is 4.46. The number of rotatable bonds is 4. The Balaban J connectivity index is 0.00000242. The minimum Gasteiger partial charge on any atom is -0.381 e. The first-order valence-electron chi connectivity index (χ1n) is 8.36. The van der Waals surface area contributed by atoms with Gasteiger partial charge in [-0.25, -0.2) is 0 Å². The van der Waals surface area contributed by atoms with Gasteiger partial charge in [0, 0.05) is 44.6 Å². The maximum absolute atomic E-state index is 5.55. The Morgan fingerprint density at radius 1 is 1.32 bits per heavy atom. The van der Waals surface area contributed by atoms with E-state index in [0.29, 0.717) is 4.75 Å². The van der Waals surface area contributed by atoms with Crippen LogP contribution in [-0.2, 0) is 4.74 Å². The van der Waals surface area contributed by atoms with Crippen LogP contribution in [0, 0.1) is 5.92 Å². The van der Waals surface area contributed by atoms with E-state index in [4.69, 9.17) is 4.74 Å².